The van der Waals surface area contributed by atoms with Gasteiger partial charge < -0.3 is 4.90 Å². The molecule has 36 heavy (non-hydrogen) atoms. The average Bonchev–Trinajstić information content (AvgIpc) is 2.87. The number of hydrogen-bond donors (Lipinski definition) is 0. The minimum absolute atomic E-state index is 0.0130. The van der Waals surface area contributed by atoms with Crippen LogP contribution < -0.4 is 0 Å². The molecule has 0 N–H and O–H groups in total. The lowest BCUT2D eigenvalue weighted by atomic mass is 9.91. The molecule has 1 aliphatic heterocycles. The molecule has 2 nitrogen and oxygen atoms in total. The fraction of sp³-hybridized carbons (Fsp3) is 0.515. The summed E-state index contributed by atoms with van der Waals surface area (Å²) in [7, 11) is 0. The fourth-order valence-electron chi connectivity index (χ4n) is 5.46. The van der Waals surface area contributed by atoms with Crippen molar-refractivity contribution in [3.63, 3.8) is 0 Å². The molecule has 3 rings (SSSR count). The van der Waals surface area contributed by atoms with Crippen LogP contribution in [0.1, 0.15) is 76.5 Å². The quantitative estimate of drug-likeness (QED) is 0.271. The van der Waals surface area contributed by atoms with Crippen molar-refractivity contribution in [2.75, 3.05) is 26.2 Å². The van der Waals surface area contributed by atoms with E-state index in [1.807, 2.05) is 6.92 Å². The molecular weight excluding hydrogens is 443 g/mol. The molecule has 1 aromatic rings. The predicted octanol–water partition coefficient (Wildman–Crippen LogP) is 8.50. The second-order valence-electron chi connectivity index (χ2n) is 10.8. The largest absolute Gasteiger partial charge is 0.303 e. The van der Waals surface area contributed by atoms with Crippen LogP contribution in [0.2, 0.25) is 0 Å². The van der Waals surface area contributed by atoms with Crippen LogP contribution in [0.15, 0.2) is 84.3 Å². The predicted molar refractivity (Wildman–Crippen MR) is 154 cm³/mol. The Morgan fingerprint density at radius 3 is 2.44 bits per heavy atom. The van der Waals surface area contributed by atoms with Gasteiger partial charge in [-0.15, -0.1) is 0 Å². The normalized spacial score (nSPS) is 18.9. The lowest BCUT2D eigenvalue weighted by Crippen LogP contribution is -2.43. The number of piperidine rings is 1. The number of rotatable bonds is 12. The van der Waals surface area contributed by atoms with E-state index in [0.29, 0.717) is 12.0 Å². The Morgan fingerprint density at radius 1 is 1.11 bits per heavy atom. The second kappa shape index (κ2) is 14.5. The van der Waals surface area contributed by atoms with Gasteiger partial charge in [0, 0.05) is 12.6 Å². The summed E-state index contributed by atoms with van der Waals surface area (Å²) in [6.07, 6.45) is 18.4. The summed E-state index contributed by atoms with van der Waals surface area (Å²) in [6, 6.07) is 9.57. The van der Waals surface area contributed by atoms with E-state index in [2.05, 4.69) is 91.8 Å². The lowest BCUT2D eigenvalue weighted by molar-refractivity contribution is 0.105. The zero-order valence-electron chi connectivity index (χ0n) is 23.1. The molecule has 2 aliphatic rings. The summed E-state index contributed by atoms with van der Waals surface area (Å²) < 4.78 is 14.0. The molecule has 0 spiro atoms. The first-order chi connectivity index (χ1) is 17.4. The molecular formula is C33H47FN2. The molecule has 0 saturated carbocycles. The Balaban J connectivity index is 1.60. The van der Waals surface area contributed by atoms with Crippen molar-refractivity contribution in [3.05, 3.63) is 95.4 Å². The van der Waals surface area contributed by atoms with E-state index >= 15 is 0 Å². The first-order valence-corrected chi connectivity index (χ1v) is 14.0. The molecule has 0 amide bonds. The molecule has 1 aliphatic carbocycles. The van der Waals surface area contributed by atoms with E-state index in [1.165, 1.54) is 24.0 Å². The molecule has 0 radical (unpaired) electrons. The third-order valence-electron chi connectivity index (χ3n) is 7.64. The summed E-state index contributed by atoms with van der Waals surface area (Å²) in [6.45, 7) is 17.8. The van der Waals surface area contributed by atoms with Crippen LogP contribution in [0.25, 0.3) is 0 Å². The van der Waals surface area contributed by atoms with Crippen LogP contribution in [0.3, 0.4) is 0 Å². The van der Waals surface area contributed by atoms with Crippen molar-refractivity contribution in [3.8, 4) is 0 Å². The van der Waals surface area contributed by atoms with Gasteiger partial charge in [0.2, 0.25) is 0 Å². The maximum absolute atomic E-state index is 14.0. The molecule has 1 atom stereocenters. The molecule has 0 aromatic heterocycles. The number of likely N-dealkylation sites (tertiary alicyclic amines) is 1. The first kappa shape index (κ1) is 28.3. The highest BCUT2D eigenvalue weighted by molar-refractivity contribution is 5.35. The number of nitrogens with zero attached hydrogens (tertiary/aromatic N) is 2. The molecule has 1 unspecified atom stereocenters. The molecule has 0 bridgehead atoms. The maximum Gasteiger partial charge on any atom is 0.122 e. The Labute approximate surface area is 220 Å². The van der Waals surface area contributed by atoms with Gasteiger partial charge in [-0.3, -0.25) is 4.90 Å². The van der Waals surface area contributed by atoms with Gasteiger partial charge in [-0.05, 0) is 115 Å². The molecule has 1 heterocycles. The Morgan fingerprint density at radius 2 is 1.81 bits per heavy atom. The van der Waals surface area contributed by atoms with Crippen molar-refractivity contribution in [2.24, 2.45) is 5.92 Å². The number of aryl methyl sites for hydroxylation is 1. The van der Waals surface area contributed by atoms with Gasteiger partial charge in [0.15, 0.2) is 0 Å². The maximum atomic E-state index is 14.0. The first-order valence-electron chi connectivity index (χ1n) is 14.0. The number of halogens is 1. The fourth-order valence-corrected chi connectivity index (χ4v) is 5.46. The topological polar surface area (TPSA) is 6.48 Å². The van der Waals surface area contributed by atoms with Crippen LogP contribution in [-0.2, 0) is 0 Å². The monoisotopic (exact) mass is 490 g/mol. The minimum Gasteiger partial charge on any atom is -0.303 e. The van der Waals surface area contributed by atoms with Gasteiger partial charge in [-0.2, -0.15) is 0 Å². The molecule has 196 valence electrons. The average molecular weight is 491 g/mol. The molecule has 1 fully saturated rings. The minimum atomic E-state index is 0.0130. The number of benzene rings is 1. The van der Waals surface area contributed by atoms with Gasteiger partial charge in [0.05, 0.1) is 6.04 Å². The van der Waals surface area contributed by atoms with Gasteiger partial charge in [-0.25, -0.2) is 4.39 Å². The van der Waals surface area contributed by atoms with Crippen LogP contribution >= 0.6 is 0 Å². The van der Waals surface area contributed by atoms with E-state index in [9.17, 15) is 4.39 Å². The third kappa shape index (κ3) is 8.42. The third-order valence-corrected chi connectivity index (χ3v) is 7.64. The zero-order valence-corrected chi connectivity index (χ0v) is 23.1. The van der Waals surface area contributed by atoms with E-state index in [-0.39, 0.29) is 11.9 Å². The van der Waals surface area contributed by atoms with Crippen molar-refractivity contribution in [1.29, 1.82) is 0 Å². The van der Waals surface area contributed by atoms with Gasteiger partial charge >= 0.3 is 0 Å². The lowest BCUT2D eigenvalue weighted by Gasteiger charge is -2.41. The van der Waals surface area contributed by atoms with Crippen LogP contribution in [0, 0.1) is 12.8 Å². The highest BCUT2D eigenvalue weighted by Crippen LogP contribution is 2.33. The standard InChI is InChI=1S/C33H47FN2/c1-6-7-8-12-28(5)33(31-18-16-27(4)17-19-31)36(26(2)3)25-29-20-23-35(24-21-29)22-11-14-30-13-9-10-15-32(30)34/h6-8,12-13,15-19,26,29,33H,5,9-11,14,20-25H2,1-4H3/b7-6-,12-8-. The van der Waals surface area contributed by atoms with E-state index in [4.69, 9.17) is 0 Å². The van der Waals surface area contributed by atoms with Crippen molar-refractivity contribution >= 4 is 0 Å². The number of allylic oxidation sites excluding steroid dienone is 7. The SMILES string of the molecule is C=C(/C=C\C=C/C)C(c1ccc(C)cc1)N(CC1CCN(CCCC2=CCCC=C2F)CC1)C(C)C. The summed E-state index contributed by atoms with van der Waals surface area (Å²) in [5, 5.41) is 0. The Kier molecular flexibility index (Phi) is 11.4. The van der Waals surface area contributed by atoms with Gasteiger partial charge in [0.1, 0.15) is 5.83 Å². The summed E-state index contributed by atoms with van der Waals surface area (Å²) in [4.78, 5) is 5.23. The number of hydrogen-bond acceptors (Lipinski definition) is 2. The van der Waals surface area contributed by atoms with Crippen molar-refractivity contribution in [1.82, 2.24) is 9.80 Å². The second-order valence-corrected chi connectivity index (χ2v) is 10.8. The summed E-state index contributed by atoms with van der Waals surface area (Å²) in [5.41, 5.74) is 4.67. The summed E-state index contributed by atoms with van der Waals surface area (Å²) in [5.74, 6) is 0.698. The highest BCUT2D eigenvalue weighted by atomic mass is 19.1. The van der Waals surface area contributed by atoms with E-state index in [1.54, 1.807) is 6.08 Å². The smallest absolute Gasteiger partial charge is 0.122 e. The van der Waals surface area contributed by atoms with Crippen LogP contribution in [0.5, 0.6) is 0 Å². The molecule has 1 aromatic carbocycles. The Bertz CT molecular complexity index is 942. The van der Waals surface area contributed by atoms with Gasteiger partial charge in [-0.1, -0.05) is 66.8 Å². The summed E-state index contributed by atoms with van der Waals surface area (Å²) >= 11 is 0. The molecule has 1 saturated heterocycles. The van der Waals surface area contributed by atoms with Crippen molar-refractivity contribution in [2.45, 2.75) is 78.3 Å². The Hall–Kier alpha value is -2.23. The van der Waals surface area contributed by atoms with Crippen LogP contribution in [-0.4, -0.2) is 42.0 Å². The van der Waals surface area contributed by atoms with Gasteiger partial charge in [0.25, 0.3) is 0 Å². The van der Waals surface area contributed by atoms with E-state index in [0.717, 1.165) is 63.0 Å². The zero-order chi connectivity index (χ0) is 25.9. The highest BCUT2D eigenvalue weighted by Gasteiger charge is 2.29. The molecule has 3 heteroatoms. The van der Waals surface area contributed by atoms with Crippen LogP contribution in [0.4, 0.5) is 4.39 Å². The van der Waals surface area contributed by atoms with Crippen molar-refractivity contribution < 1.29 is 4.39 Å². The van der Waals surface area contributed by atoms with E-state index < -0.39 is 0 Å².